The SMILES string of the molecule is CCC(C)N(CC)Cc1ccc(CNC2CC2)o1. The summed E-state index contributed by atoms with van der Waals surface area (Å²) < 4.78 is 5.88. The third-order valence-electron chi connectivity index (χ3n) is 3.84. The molecule has 1 atom stereocenters. The molecule has 1 fully saturated rings. The molecule has 3 heteroatoms. The van der Waals surface area contributed by atoms with Crippen LogP contribution in [0.2, 0.25) is 0 Å². The Morgan fingerprint density at radius 2 is 2.06 bits per heavy atom. The molecule has 1 aromatic rings. The zero-order chi connectivity index (χ0) is 13.0. The fraction of sp³-hybridized carbons (Fsp3) is 0.733. The standard InChI is InChI=1S/C15H26N2O/c1-4-12(3)17(5-2)11-15-9-8-14(18-15)10-16-13-6-7-13/h8-9,12-13,16H,4-7,10-11H2,1-3H3. The summed E-state index contributed by atoms with van der Waals surface area (Å²) in [5.74, 6) is 2.15. The first-order chi connectivity index (χ1) is 8.72. The lowest BCUT2D eigenvalue weighted by Crippen LogP contribution is -2.31. The van der Waals surface area contributed by atoms with E-state index in [-0.39, 0.29) is 0 Å². The number of nitrogens with zero attached hydrogens (tertiary/aromatic N) is 1. The summed E-state index contributed by atoms with van der Waals surface area (Å²) in [5.41, 5.74) is 0. The van der Waals surface area contributed by atoms with Crippen LogP contribution in [0.15, 0.2) is 16.5 Å². The van der Waals surface area contributed by atoms with Gasteiger partial charge in [0.2, 0.25) is 0 Å². The van der Waals surface area contributed by atoms with Gasteiger partial charge in [0.25, 0.3) is 0 Å². The van der Waals surface area contributed by atoms with Gasteiger partial charge in [0.1, 0.15) is 11.5 Å². The van der Waals surface area contributed by atoms with Crippen molar-refractivity contribution in [3.63, 3.8) is 0 Å². The van der Waals surface area contributed by atoms with Crippen LogP contribution in [0.1, 0.15) is 51.6 Å². The van der Waals surface area contributed by atoms with Crippen molar-refractivity contribution in [2.75, 3.05) is 6.54 Å². The van der Waals surface area contributed by atoms with Crippen LogP contribution in [0.5, 0.6) is 0 Å². The minimum Gasteiger partial charge on any atom is -0.463 e. The van der Waals surface area contributed by atoms with Gasteiger partial charge in [-0.3, -0.25) is 4.90 Å². The third-order valence-corrected chi connectivity index (χ3v) is 3.84. The summed E-state index contributed by atoms with van der Waals surface area (Å²) in [7, 11) is 0. The Balaban J connectivity index is 1.83. The van der Waals surface area contributed by atoms with E-state index in [1.807, 2.05) is 0 Å². The maximum atomic E-state index is 5.88. The minimum atomic E-state index is 0.619. The molecular formula is C15H26N2O. The smallest absolute Gasteiger partial charge is 0.118 e. The quantitative estimate of drug-likeness (QED) is 0.768. The van der Waals surface area contributed by atoms with Gasteiger partial charge in [0.15, 0.2) is 0 Å². The van der Waals surface area contributed by atoms with Crippen molar-refractivity contribution in [2.45, 2.75) is 65.2 Å². The summed E-state index contributed by atoms with van der Waals surface area (Å²) in [6.45, 7) is 9.60. The molecule has 102 valence electrons. The van der Waals surface area contributed by atoms with Crippen LogP contribution in [0, 0.1) is 0 Å². The van der Waals surface area contributed by atoms with Gasteiger partial charge in [0, 0.05) is 12.1 Å². The average Bonchev–Trinajstić information content (AvgIpc) is 3.12. The fourth-order valence-electron chi connectivity index (χ4n) is 2.17. The molecule has 1 heterocycles. The molecule has 1 aliphatic carbocycles. The van der Waals surface area contributed by atoms with Crippen LogP contribution in [0.3, 0.4) is 0 Å². The van der Waals surface area contributed by atoms with Gasteiger partial charge in [-0.1, -0.05) is 13.8 Å². The van der Waals surface area contributed by atoms with Crippen molar-refractivity contribution in [3.05, 3.63) is 23.7 Å². The predicted molar refractivity (Wildman–Crippen MR) is 74.4 cm³/mol. The van der Waals surface area contributed by atoms with Crippen molar-refractivity contribution in [3.8, 4) is 0 Å². The Bertz CT molecular complexity index is 357. The van der Waals surface area contributed by atoms with Crippen LogP contribution in [-0.2, 0) is 13.1 Å². The van der Waals surface area contributed by atoms with Crippen molar-refractivity contribution in [2.24, 2.45) is 0 Å². The molecule has 1 aromatic heterocycles. The molecule has 0 aliphatic heterocycles. The van der Waals surface area contributed by atoms with Gasteiger partial charge < -0.3 is 9.73 Å². The lowest BCUT2D eigenvalue weighted by molar-refractivity contribution is 0.189. The average molecular weight is 250 g/mol. The second kappa shape index (κ2) is 6.39. The van der Waals surface area contributed by atoms with Crippen molar-refractivity contribution in [1.82, 2.24) is 10.2 Å². The normalized spacial score (nSPS) is 17.3. The molecule has 3 nitrogen and oxygen atoms in total. The van der Waals surface area contributed by atoms with E-state index in [4.69, 9.17) is 4.42 Å². The first kappa shape index (κ1) is 13.6. The molecule has 0 bridgehead atoms. The summed E-state index contributed by atoms with van der Waals surface area (Å²) in [5, 5.41) is 3.48. The minimum absolute atomic E-state index is 0.619. The molecule has 2 rings (SSSR count). The highest BCUT2D eigenvalue weighted by molar-refractivity contribution is 5.07. The first-order valence-corrected chi connectivity index (χ1v) is 7.28. The lowest BCUT2D eigenvalue weighted by atomic mass is 10.2. The Kier molecular flexibility index (Phi) is 4.84. The molecule has 0 aromatic carbocycles. The number of furan rings is 1. The monoisotopic (exact) mass is 250 g/mol. The molecule has 0 radical (unpaired) electrons. The van der Waals surface area contributed by atoms with E-state index < -0.39 is 0 Å². The molecule has 1 unspecified atom stereocenters. The van der Waals surface area contributed by atoms with Crippen molar-refractivity contribution < 1.29 is 4.42 Å². The van der Waals surface area contributed by atoms with Crippen LogP contribution >= 0.6 is 0 Å². The van der Waals surface area contributed by atoms with E-state index in [0.29, 0.717) is 6.04 Å². The molecule has 1 saturated carbocycles. The molecule has 1 N–H and O–H groups in total. The second-order valence-corrected chi connectivity index (χ2v) is 5.34. The Morgan fingerprint density at radius 1 is 1.33 bits per heavy atom. The Hall–Kier alpha value is -0.800. The van der Waals surface area contributed by atoms with Crippen LogP contribution < -0.4 is 5.32 Å². The van der Waals surface area contributed by atoms with E-state index in [1.165, 1.54) is 19.3 Å². The lowest BCUT2D eigenvalue weighted by Gasteiger charge is -2.25. The topological polar surface area (TPSA) is 28.4 Å². The van der Waals surface area contributed by atoms with Gasteiger partial charge in [-0.2, -0.15) is 0 Å². The summed E-state index contributed by atoms with van der Waals surface area (Å²) >= 11 is 0. The molecule has 0 saturated heterocycles. The Labute approximate surface area is 111 Å². The number of hydrogen-bond acceptors (Lipinski definition) is 3. The molecule has 0 spiro atoms. The molecule has 18 heavy (non-hydrogen) atoms. The third kappa shape index (κ3) is 3.85. The largest absolute Gasteiger partial charge is 0.463 e. The molecular weight excluding hydrogens is 224 g/mol. The maximum Gasteiger partial charge on any atom is 0.118 e. The van der Waals surface area contributed by atoms with Gasteiger partial charge >= 0.3 is 0 Å². The number of nitrogens with one attached hydrogen (secondary N) is 1. The second-order valence-electron chi connectivity index (χ2n) is 5.34. The highest BCUT2D eigenvalue weighted by Crippen LogP contribution is 2.20. The van der Waals surface area contributed by atoms with Crippen LogP contribution in [0.25, 0.3) is 0 Å². The summed E-state index contributed by atoms with van der Waals surface area (Å²) in [6.07, 6.45) is 3.83. The van der Waals surface area contributed by atoms with E-state index in [1.54, 1.807) is 0 Å². The van der Waals surface area contributed by atoms with E-state index in [9.17, 15) is 0 Å². The van der Waals surface area contributed by atoms with Crippen molar-refractivity contribution >= 4 is 0 Å². The van der Waals surface area contributed by atoms with Gasteiger partial charge in [0.05, 0.1) is 13.1 Å². The van der Waals surface area contributed by atoms with E-state index >= 15 is 0 Å². The molecule has 1 aliphatic rings. The van der Waals surface area contributed by atoms with Gasteiger partial charge in [-0.15, -0.1) is 0 Å². The zero-order valence-corrected chi connectivity index (χ0v) is 11.9. The van der Waals surface area contributed by atoms with Gasteiger partial charge in [-0.25, -0.2) is 0 Å². The summed E-state index contributed by atoms with van der Waals surface area (Å²) in [6, 6.07) is 5.59. The molecule has 0 amide bonds. The fourth-order valence-corrected chi connectivity index (χ4v) is 2.17. The highest BCUT2D eigenvalue weighted by Gasteiger charge is 2.20. The van der Waals surface area contributed by atoms with Crippen LogP contribution in [-0.4, -0.2) is 23.5 Å². The van der Waals surface area contributed by atoms with Crippen LogP contribution in [0.4, 0.5) is 0 Å². The van der Waals surface area contributed by atoms with E-state index in [0.717, 1.165) is 37.2 Å². The zero-order valence-electron chi connectivity index (χ0n) is 11.9. The maximum absolute atomic E-state index is 5.88. The van der Waals surface area contributed by atoms with Gasteiger partial charge in [-0.05, 0) is 44.9 Å². The number of rotatable bonds is 8. The van der Waals surface area contributed by atoms with Crippen molar-refractivity contribution in [1.29, 1.82) is 0 Å². The van der Waals surface area contributed by atoms with E-state index in [2.05, 4.69) is 43.1 Å². The summed E-state index contributed by atoms with van der Waals surface area (Å²) in [4.78, 5) is 2.46. The predicted octanol–water partition coefficient (Wildman–Crippen LogP) is 3.15. The highest BCUT2D eigenvalue weighted by atomic mass is 16.3. The number of hydrogen-bond donors (Lipinski definition) is 1. The first-order valence-electron chi connectivity index (χ1n) is 7.28. The Morgan fingerprint density at radius 3 is 2.67 bits per heavy atom.